The number of carbonyl (C=O) groups is 1. The number of ether oxygens (including phenoxy) is 3. The van der Waals surface area contributed by atoms with E-state index >= 15 is 0 Å². The molecule has 0 radical (unpaired) electrons. The van der Waals surface area contributed by atoms with E-state index in [4.69, 9.17) is 30.3 Å². The van der Waals surface area contributed by atoms with Gasteiger partial charge in [-0.15, -0.1) is 0 Å². The van der Waals surface area contributed by atoms with Crippen LogP contribution in [-0.2, 0) is 4.79 Å². The van der Waals surface area contributed by atoms with Crippen LogP contribution in [-0.4, -0.2) is 31.4 Å². The van der Waals surface area contributed by atoms with Crippen molar-refractivity contribution >= 4 is 29.4 Å². The minimum Gasteiger partial charge on any atom is -0.493 e. The van der Waals surface area contributed by atoms with Gasteiger partial charge in [-0.25, -0.2) is 0 Å². The fourth-order valence-electron chi connectivity index (χ4n) is 2.90. The number of methoxy groups -OCH3 is 1. The van der Waals surface area contributed by atoms with Crippen LogP contribution in [0, 0.1) is 25.2 Å². The summed E-state index contributed by atoms with van der Waals surface area (Å²) in [6, 6.07) is 14.3. The molecule has 1 N–H and O–H groups in total. The lowest BCUT2D eigenvalue weighted by atomic mass is 10.1. The summed E-state index contributed by atoms with van der Waals surface area (Å²) in [7, 11) is 1.47. The van der Waals surface area contributed by atoms with Gasteiger partial charge in [-0.2, -0.15) is 5.26 Å². The van der Waals surface area contributed by atoms with Crippen molar-refractivity contribution in [3.8, 4) is 23.3 Å². The Balaban J connectivity index is 1.69. The molecule has 1 heterocycles. The quantitative estimate of drug-likeness (QED) is 0.269. The van der Waals surface area contributed by atoms with Crippen molar-refractivity contribution in [2.75, 3.05) is 25.6 Å². The molecule has 0 aliphatic rings. The number of amides is 1. The molecule has 0 spiro atoms. The Morgan fingerprint density at radius 3 is 2.67 bits per heavy atom. The molecule has 3 rings (SSSR count). The maximum Gasteiger partial charge on any atom is 0.267 e. The third-order valence-corrected chi connectivity index (χ3v) is 4.67. The molecule has 0 saturated carbocycles. The van der Waals surface area contributed by atoms with Crippen LogP contribution in [0.25, 0.3) is 6.08 Å². The van der Waals surface area contributed by atoms with Crippen LogP contribution < -0.4 is 19.5 Å². The highest BCUT2D eigenvalue weighted by molar-refractivity contribution is 6.32. The maximum atomic E-state index is 12.4. The number of benzene rings is 2. The standard InChI is InChI=1S/C24H22ClN3O5/c1-15-5-4-6-19(9-15)31-7-8-32-23-20(25)12-17(13-21(23)30-3)11-18(14-26)24(29)27-22-10-16(2)33-28-22/h4-6,9-13H,7-8H2,1-3H3,(H,27,28,29)/b18-11-. The Morgan fingerprint density at radius 2 is 2.00 bits per heavy atom. The van der Waals surface area contributed by atoms with Crippen LogP contribution in [0.4, 0.5) is 5.82 Å². The number of aromatic nitrogens is 1. The molecule has 33 heavy (non-hydrogen) atoms. The Hall–Kier alpha value is -3.96. The molecule has 170 valence electrons. The Kier molecular flexibility index (Phi) is 7.95. The van der Waals surface area contributed by atoms with Crippen molar-refractivity contribution in [1.82, 2.24) is 5.16 Å². The zero-order valence-electron chi connectivity index (χ0n) is 18.3. The van der Waals surface area contributed by atoms with Crippen molar-refractivity contribution < 1.29 is 23.5 Å². The van der Waals surface area contributed by atoms with E-state index in [1.165, 1.54) is 13.2 Å². The molecular weight excluding hydrogens is 446 g/mol. The molecule has 1 amide bonds. The second kappa shape index (κ2) is 11.1. The highest BCUT2D eigenvalue weighted by Gasteiger charge is 2.15. The van der Waals surface area contributed by atoms with E-state index < -0.39 is 5.91 Å². The lowest BCUT2D eigenvalue weighted by molar-refractivity contribution is -0.112. The molecule has 0 aliphatic heterocycles. The molecule has 0 bridgehead atoms. The molecular formula is C24H22ClN3O5. The van der Waals surface area contributed by atoms with E-state index in [1.54, 1.807) is 25.1 Å². The van der Waals surface area contributed by atoms with Crippen LogP contribution in [0.5, 0.6) is 17.2 Å². The summed E-state index contributed by atoms with van der Waals surface area (Å²) >= 11 is 6.39. The average molecular weight is 468 g/mol. The molecule has 0 atom stereocenters. The number of hydrogen-bond acceptors (Lipinski definition) is 7. The van der Waals surface area contributed by atoms with Gasteiger partial charge in [0.05, 0.1) is 12.1 Å². The maximum absolute atomic E-state index is 12.4. The van der Waals surface area contributed by atoms with Crippen molar-refractivity contribution in [3.63, 3.8) is 0 Å². The van der Waals surface area contributed by atoms with Crippen LogP contribution in [0.1, 0.15) is 16.9 Å². The van der Waals surface area contributed by atoms with Gasteiger partial charge in [-0.1, -0.05) is 28.9 Å². The van der Waals surface area contributed by atoms with Crippen LogP contribution >= 0.6 is 11.6 Å². The van der Waals surface area contributed by atoms with Crippen molar-refractivity contribution in [3.05, 3.63) is 69.9 Å². The van der Waals surface area contributed by atoms with Gasteiger partial charge in [0.25, 0.3) is 5.91 Å². The number of nitrogens with one attached hydrogen (secondary N) is 1. The largest absolute Gasteiger partial charge is 0.493 e. The lowest BCUT2D eigenvalue weighted by Crippen LogP contribution is -2.13. The minimum atomic E-state index is -0.630. The molecule has 8 nitrogen and oxygen atoms in total. The topological polar surface area (TPSA) is 107 Å². The number of hydrogen-bond donors (Lipinski definition) is 1. The van der Waals surface area contributed by atoms with Crippen LogP contribution in [0.3, 0.4) is 0 Å². The number of aryl methyl sites for hydroxylation is 2. The van der Waals surface area contributed by atoms with E-state index in [0.29, 0.717) is 29.4 Å². The Labute approximate surface area is 196 Å². The highest BCUT2D eigenvalue weighted by Crippen LogP contribution is 2.37. The summed E-state index contributed by atoms with van der Waals surface area (Å²) in [5, 5.41) is 15.9. The monoisotopic (exact) mass is 467 g/mol. The highest BCUT2D eigenvalue weighted by atomic mass is 35.5. The predicted octanol–water partition coefficient (Wildman–Crippen LogP) is 4.96. The van der Waals surface area contributed by atoms with Gasteiger partial charge in [0.15, 0.2) is 17.3 Å². The number of nitrogens with zero attached hydrogens (tertiary/aromatic N) is 2. The van der Waals surface area contributed by atoms with Crippen molar-refractivity contribution in [2.45, 2.75) is 13.8 Å². The molecule has 0 unspecified atom stereocenters. The first-order valence-electron chi connectivity index (χ1n) is 9.96. The summed E-state index contributed by atoms with van der Waals surface area (Å²) in [6.07, 6.45) is 1.39. The van der Waals surface area contributed by atoms with E-state index in [-0.39, 0.29) is 23.0 Å². The van der Waals surface area contributed by atoms with Gasteiger partial charge in [-0.05, 0) is 55.3 Å². The second-order valence-electron chi connectivity index (χ2n) is 6.99. The van der Waals surface area contributed by atoms with Gasteiger partial charge in [-0.3, -0.25) is 4.79 Å². The van der Waals surface area contributed by atoms with E-state index in [9.17, 15) is 10.1 Å². The molecule has 9 heteroatoms. The number of rotatable bonds is 9. The summed E-state index contributed by atoms with van der Waals surface area (Å²) in [5.41, 5.74) is 1.44. The summed E-state index contributed by atoms with van der Waals surface area (Å²) in [5.74, 6) is 1.56. The first-order valence-corrected chi connectivity index (χ1v) is 10.3. The van der Waals surface area contributed by atoms with Crippen molar-refractivity contribution in [2.24, 2.45) is 0 Å². The van der Waals surface area contributed by atoms with Crippen molar-refractivity contribution in [1.29, 1.82) is 5.26 Å². The van der Waals surface area contributed by atoms with Gasteiger partial charge in [0.1, 0.15) is 36.4 Å². The van der Waals surface area contributed by atoms with Gasteiger partial charge >= 0.3 is 0 Å². The van der Waals surface area contributed by atoms with Crippen LogP contribution in [0.15, 0.2) is 52.6 Å². The molecule has 1 aromatic heterocycles. The second-order valence-corrected chi connectivity index (χ2v) is 7.40. The summed E-state index contributed by atoms with van der Waals surface area (Å²) < 4.78 is 21.7. The SMILES string of the molecule is COc1cc(/C=C(/C#N)C(=O)Nc2cc(C)on2)cc(Cl)c1OCCOc1cccc(C)c1. The fourth-order valence-corrected chi connectivity index (χ4v) is 3.17. The van der Waals surface area contributed by atoms with Crippen LogP contribution in [0.2, 0.25) is 5.02 Å². The van der Waals surface area contributed by atoms with E-state index in [2.05, 4.69) is 10.5 Å². The van der Waals surface area contributed by atoms with Gasteiger partial charge in [0, 0.05) is 6.07 Å². The molecule has 0 aliphatic carbocycles. The third-order valence-electron chi connectivity index (χ3n) is 4.39. The first-order chi connectivity index (χ1) is 15.9. The molecule has 3 aromatic rings. The van der Waals surface area contributed by atoms with Gasteiger partial charge in [0.2, 0.25) is 0 Å². The number of nitriles is 1. The van der Waals surface area contributed by atoms with E-state index in [0.717, 1.165) is 11.3 Å². The zero-order chi connectivity index (χ0) is 23.8. The number of halogens is 1. The fraction of sp³-hybridized carbons (Fsp3) is 0.208. The predicted molar refractivity (Wildman–Crippen MR) is 124 cm³/mol. The first kappa shape index (κ1) is 23.7. The Morgan fingerprint density at radius 1 is 1.21 bits per heavy atom. The van der Waals surface area contributed by atoms with E-state index in [1.807, 2.05) is 37.3 Å². The van der Waals surface area contributed by atoms with Gasteiger partial charge < -0.3 is 24.1 Å². The minimum absolute atomic E-state index is 0.144. The smallest absolute Gasteiger partial charge is 0.267 e. The summed E-state index contributed by atoms with van der Waals surface area (Å²) in [6.45, 7) is 4.23. The Bertz CT molecular complexity index is 1210. The summed E-state index contributed by atoms with van der Waals surface area (Å²) in [4.78, 5) is 12.4. The number of anilines is 1. The zero-order valence-corrected chi connectivity index (χ0v) is 19.1. The third kappa shape index (κ3) is 6.51. The normalized spacial score (nSPS) is 10.9. The molecule has 0 fully saturated rings. The molecule has 2 aromatic carbocycles. The average Bonchev–Trinajstić information content (AvgIpc) is 3.20. The number of carbonyl (C=O) groups excluding carboxylic acids is 1. The lowest BCUT2D eigenvalue weighted by Gasteiger charge is -2.14. The molecule has 0 saturated heterocycles.